The highest BCUT2D eigenvalue weighted by Gasteiger charge is 2.42. The van der Waals surface area contributed by atoms with E-state index in [9.17, 15) is 9.59 Å². The Hall–Kier alpha value is -3.61. The van der Waals surface area contributed by atoms with Crippen LogP contribution < -0.4 is 11.1 Å². The number of rotatable bonds is 2. The fourth-order valence-corrected chi connectivity index (χ4v) is 4.91. The van der Waals surface area contributed by atoms with Gasteiger partial charge in [0.1, 0.15) is 11.4 Å². The van der Waals surface area contributed by atoms with Gasteiger partial charge < -0.3 is 20.7 Å². The monoisotopic (exact) mass is 430 g/mol. The number of nitrogen functional groups attached to an aromatic ring is 1. The first-order chi connectivity index (χ1) is 15.5. The van der Waals surface area contributed by atoms with E-state index in [0.717, 1.165) is 40.3 Å². The minimum absolute atomic E-state index is 0.00855. The highest BCUT2D eigenvalue weighted by molar-refractivity contribution is 6.10. The highest BCUT2D eigenvalue weighted by Crippen LogP contribution is 2.34. The van der Waals surface area contributed by atoms with Crippen molar-refractivity contribution < 1.29 is 14.3 Å². The van der Waals surface area contributed by atoms with Crippen LogP contribution in [0.3, 0.4) is 0 Å². The van der Waals surface area contributed by atoms with E-state index >= 15 is 0 Å². The first kappa shape index (κ1) is 20.3. The second kappa shape index (κ2) is 7.82. The minimum atomic E-state index is -0.488. The number of aryl methyl sites for hydroxylation is 1. The molecule has 7 nitrogen and oxygen atoms in total. The van der Waals surface area contributed by atoms with E-state index in [4.69, 9.17) is 10.5 Å². The van der Waals surface area contributed by atoms with Crippen LogP contribution in [0.5, 0.6) is 0 Å². The lowest BCUT2D eigenvalue weighted by molar-refractivity contribution is 0.0439. The molecular formula is C25H26N4O3. The number of fused-ring (bicyclic) bond motifs is 1. The van der Waals surface area contributed by atoms with Crippen LogP contribution in [0.15, 0.2) is 48.7 Å². The molecule has 3 aromatic rings. The maximum atomic E-state index is 13.6. The normalized spacial score (nSPS) is 20.8. The number of carbonyl (C=O) groups is 2. The number of carbonyl (C=O) groups excluding carboxylic acids is 2. The largest absolute Gasteiger partial charge is 0.441 e. The summed E-state index contributed by atoms with van der Waals surface area (Å²) < 4.78 is 5.56. The second-order valence-corrected chi connectivity index (χ2v) is 8.70. The van der Waals surface area contributed by atoms with Crippen molar-refractivity contribution in [1.82, 2.24) is 15.2 Å². The van der Waals surface area contributed by atoms with Gasteiger partial charge in [0.2, 0.25) is 0 Å². The first-order valence-electron chi connectivity index (χ1n) is 11.0. The van der Waals surface area contributed by atoms with Crippen LogP contribution in [-0.2, 0) is 4.74 Å². The van der Waals surface area contributed by atoms with Crippen LogP contribution in [0.2, 0.25) is 0 Å². The number of nitrogens with one attached hydrogen (secondary N) is 1. The van der Waals surface area contributed by atoms with Gasteiger partial charge in [-0.2, -0.15) is 0 Å². The standard InChI is InChI=1S/C25H26N4O3/c1-16-13-22(26)27-14-21(16)19-7-2-6-18-17(19)5-3-8-20(18)23(30)29-11-4-9-25(10-12-29)15-28-24(31)32-25/h2-3,5-8,13-14H,4,9-12,15H2,1H3,(H2,26,27)(H,28,31). The summed E-state index contributed by atoms with van der Waals surface area (Å²) in [6.45, 7) is 3.74. The topological polar surface area (TPSA) is 97.5 Å². The quantitative estimate of drug-likeness (QED) is 0.643. The lowest BCUT2D eigenvalue weighted by Crippen LogP contribution is -2.36. The molecule has 2 aliphatic heterocycles. The SMILES string of the molecule is Cc1cc(N)ncc1-c1cccc2c(C(=O)N3CCCC4(CC3)CNC(=O)O4)cccc12. The molecule has 7 heteroatoms. The molecule has 0 aliphatic carbocycles. The predicted molar refractivity (Wildman–Crippen MR) is 123 cm³/mol. The van der Waals surface area contributed by atoms with Crippen molar-refractivity contribution in [2.45, 2.75) is 31.8 Å². The van der Waals surface area contributed by atoms with E-state index in [-0.39, 0.29) is 12.0 Å². The summed E-state index contributed by atoms with van der Waals surface area (Å²) in [7, 11) is 0. The number of likely N-dealkylation sites (tertiary alicyclic amines) is 1. The third-order valence-electron chi connectivity index (χ3n) is 6.62. The zero-order valence-corrected chi connectivity index (χ0v) is 18.1. The summed E-state index contributed by atoms with van der Waals surface area (Å²) in [6, 6.07) is 13.7. The van der Waals surface area contributed by atoms with Crippen molar-refractivity contribution in [3.8, 4) is 11.1 Å². The van der Waals surface area contributed by atoms with Gasteiger partial charge in [0.25, 0.3) is 5.91 Å². The zero-order chi connectivity index (χ0) is 22.3. The van der Waals surface area contributed by atoms with Crippen molar-refractivity contribution >= 4 is 28.6 Å². The molecule has 1 unspecified atom stereocenters. The van der Waals surface area contributed by atoms with Crippen molar-refractivity contribution in [3.05, 3.63) is 59.8 Å². The lowest BCUT2D eigenvalue weighted by atomic mass is 9.94. The smallest absolute Gasteiger partial charge is 0.407 e. The summed E-state index contributed by atoms with van der Waals surface area (Å²) >= 11 is 0. The van der Waals surface area contributed by atoms with Gasteiger partial charge in [-0.05, 0) is 53.8 Å². The van der Waals surface area contributed by atoms with Gasteiger partial charge in [0.15, 0.2) is 0 Å². The third-order valence-corrected chi connectivity index (χ3v) is 6.62. The fraction of sp³-hybridized carbons (Fsp3) is 0.320. The molecule has 2 saturated heterocycles. The molecule has 0 bridgehead atoms. The average Bonchev–Trinajstić information content (AvgIpc) is 3.02. The summed E-state index contributed by atoms with van der Waals surface area (Å²) in [5.74, 6) is 0.499. The lowest BCUT2D eigenvalue weighted by Gasteiger charge is -2.25. The molecule has 1 aromatic heterocycles. The summed E-state index contributed by atoms with van der Waals surface area (Å²) in [4.78, 5) is 31.3. The second-order valence-electron chi connectivity index (χ2n) is 8.70. The molecule has 3 N–H and O–H groups in total. The number of nitrogens with zero attached hydrogens (tertiary/aromatic N) is 2. The summed E-state index contributed by atoms with van der Waals surface area (Å²) in [5.41, 5.74) is 9.10. The Morgan fingerprint density at radius 3 is 2.72 bits per heavy atom. The fourth-order valence-electron chi connectivity index (χ4n) is 4.91. The molecule has 1 spiro atoms. The molecule has 2 amide bonds. The van der Waals surface area contributed by atoms with E-state index in [2.05, 4.69) is 10.3 Å². The maximum Gasteiger partial charge on any atom is 0.407 e. The van der Waals surface area contributed by atoms with Gasteiger partial charge in [0.05, 0.1) is 6.54 Å². The molecule has 32 heavy (non-hydrogen) atoms. The maximum absolute atomic E-state index is 13.6. The van der Waals surface area contributed by atoms with Crippen molar-refractivity contribution in [3.63, 3.8) is 0 Å². The molecule has 164 valence electrons. The van der Waals surface area contributed by atoms with Gasteiger partial charge in [-0.3, -0.25) is 4.79 Å². The van der Waals surface area contributed by atoms with E-state index in [1.54, 1.807) is 6.20 Å². The van der Waals surface area contributed by atoms with E-state index in [0.29, 0.717) is 37.4 Å². The molecule has 2 aromatic carbocycles. The van der Waals surface area contributed by atoms with Crippen LogP contribution in [0.1, 0.15) is 35.2 Å². The summed E-state index contributed by atoms with van der Waals surface area (Å²) in [6.07, 6.45) is 3.63. The van der Waals surface area contributed by atoms with Gasteiger partial charge in [-0.15, -0.1) is 0 Å². The van der Waals surface area contributed by atoms with Gasteiger partial charge in [-0.25, -0.2) is 9.78 Å². The van der Waals surface area contributed by atoms with Crippen LogP contribution in [0, 0.1) is 6.92 Å². The minimum Gasteiger partial charge on any atom is -0.441 e. The average molecular weight is 431 g/mol. The van der Waals surface area contributed by atoms with Crippen molar-refractivity contribution in [1.29, 1.82) is 0 Å². The van der Waals surface area contributed by atoms with Crippen LogP contribution in [0.4, 0.5) is 10.6 Å². The Kier molecular flexibility index (Phi) is 4.96. The van der Waals surface area contributed by atoms with Crippen LogP contribution in [0.25, 0.3) is 21.9 Å². The van der Waals surface area contributed by atoms with E-state index < -0.39 is 5.60 Å². The number of anilines is 1. The Balaban J connectivity index is 1.48. The van der Waals surface area contributed by atoms with Crippen molar-refractivity contribution in [2.75, 3.05) is 25.4 Å². The van der Waals surface area contributed by atoms with Gasteiger partial charge in [-0.1, -0.05) is 30.3 Å². The number of hydrogen-bond acceptors (Lipinski definition) is 5. The van der Waals surface area contributed by atoms with Gasteiger partial charge in [0, 0.05) is 36.8 Å². The number of nitrogens with two attached hydrogens (primary N) is 1. The number of amides is 2. The Morgan fingerprint density at radius 1 is 1.12 bits per heavy atom. The molecule has 5 rings (SSSR count). The zero-order valence-electron chi connectivity index (χ0n) is 18.1. The number of ether oxygens (including phenoxy) is 1. The Morgan fingerprint density at radius 2 is 1.94 bits per heavy atom. The molecular weight excluding hydrogens is 404 g/mol. The Bertz CT molecular complexity index is 1230. The highest BCUT2D eigenvalue weighted by atomic mass is 16.6. The van der Waals surface area contributed by atoms with Crippen molar-refractivity contribution in [2.24, 2.45) is 0 Å². The number of pyridine rings is 1. The van der Waals surface area contributed by atoms with Crippen LogP contribution >= 0.6 is 0 Å². The molecule has 0 radical (unpaired) electrons. The van der Waals surface area contributed by atoms with E-state index in [1.807, 2.05) is 54.3 Å². The Labute approximate surface area is 186 Å². The van der Waals surface area contributed by atoms with Crippen LogP contribution in [-0.4, -0.2) is 47.1 Å². The molecule has 1 atom stereocenters. The first-order valence-corrected chi connectivity index (χ1v) is 11.0. The van der Waals surface area contributed by atoms with E-state index in [1.165, 1.54) is 0 Å². The molecule has 2 aliphatic rings. The number of hydrogen-bond donors (Lipinski definition) is 2. The number of benzene rings is 2. The van der Waals surface area contributed by atoms with Gasteiger partial charge >= 0.3 is 6.09 Å². The molecule has 0 saturated carbocycles. The summed E-state index contributed by atoms with van der Waals surface area (Å²) in [5, 5.41) is 4.68. The predicted octanol–water partition coefficient (Wildman–Crippen LogP) is 3.90. The molecule has 3 heterocycles. The number of aromatic nitrogens is 1. The third kappa shape index (κ3) is 3.53. The number of alkyl carbamates (subject to hydrolysis) is 1. The molecule has 2 fully saturated rings.